The summed E-state index contributed by atoms with van der Waals surface area (Å²) in [5, 5.41) is 0. The van der Waals surface area contributed by atoms with Gasteiger partial charge in [0.15, 0.2) is 0 Å². The smallest absolute Gasteiger partial charge is 0.110 e. The van der Waals surface area contributed by atoms with Gasteiger partial charge in [0.1, 0.15) is 6.17 Å². The van der Waals surface area contributed by atoms with E-state index in [1.54, 1.807) is 6.92 Å². The molecule has 1 unspecified atom stereocenters. The van der Waals surface area contributed by atoms with Gasteiger partial charge < -0.3 is 4.90 Å². The molecule has 0 aromatic carbocycles. The monoisotopic (exact) mass is 165 g/mol. The summed E-state index contributed by atoms with van der Waals surface area (Å²) in [5.41, 5.74) is 0. The lowest BCUT2D eigenvalue weighted by Gasteiger charge is -2.08. The summed E-state index contributed by atoms with van der Waals surface area (Å²) < 4.78 is 11.9. The molecule has 0 radical (unpaired) electrons. The lowest BCUT2D eigenvalue weighted by molar-refractivity contribution is 0.265. The van der Waals surface area contributed by atoms with E-state index in [0.29, 0.717) is 6.54 Å². The summed E-state index contributed by atoms with van der Waals surface area (Å²) in [6.07, 6.45) is -0.699. The maximum absolute atomic E-state index is 11.9. The standard InChI is InChI=1S/C5H12FN.2C2H6/c1-5(6)4-7(2)3;2*1-2/h5H,4H2,1-3H3;2*1-2H3. The van der Waals surface area contributed by atoms with E-state index in [1.807, 2.05) is 46.7 Å². The van der Waals surface area contributed by atoms with Crippen LogP contribution < -0.4 is 0 Å². The highest BCUT2D eigenvalue weighted by Crippen LogP contribution is 1.87. The predicted octanol–water partition coefficient (Wildman–Crippen LogP) is 2.96. The van der Waals surface area contributed by atoms with Gasteiger partial charge in [0.05, 0.1) is 0 Å². The molecule has 0 aliphatic carbocycles. The van der Waals surface area contributed by atoms with E-state index in [-0.39, 0.29) is 0 Å². The summed E-state index contributed by atoms with van der Waals surface area (Å²) >= 11 is 0. The zero-order valence-electron chi connectivity index (χ0n) is 9.11. The number of hydrogen-bond acceptors (Lipinski definition) is 1. The summed E-state index contributed by atoms with van der Waals surface area (Å²) in [4.78, 5) is 1.82. The highest BCUT2D eigenvalue weighted by atomic mass is 19.1. The van der Waals surface area contributed by atoms with E-state index in [4.69, 9.17) is 0 Å². The first kappa shape index (κ1) is 17.1. The second kappa shape index (κ2) is 16.5. The van der Waals surface area contributed by atoms with Crippen molar-refractivity contribution in [2.45, 2.75) is 40.8 Å². The molecule has 0 aliphatic rings. The first-order chi connectivity index (χ1) is 5.13. The number of nitrogens with zero attached hydrogens (tertiary/aromatic N) is 1. The Hall–Kier alpha value is -0.110. The molecular formula is C9H24FN. The van der Waals surface area contributed by atoms with Crippen LogP contribution in [-0.2, 0) is 0 Å². The topological polar surface area (TPSA) is 3.24 Å². The molecule has 0 saturated heterocycles. The van der Waals surface area contributed by atoms with Crippen LogP contribution in [0, 0.1) is 0 Å². The molecule has 1 atom stereocenters. The van der Waals surface area contributed by atoms with Crippen LogP contribution in [0.4, 0.5) is 4.39 Å². The van der Waals surface area contributed by atoms with Gasteiger partial charge in [0, 0.05) is 6.54 Å². The van der Waals surface area contributed by atoms with Crippen LogP contribution in [0.15, 0.2) is 0 Å². The van der Waals surface area contributed by atoms with Gasteiger partial charge in [-0.05, 0) is 21.0 Å². The van der Waals surface area contributed by atoms with E-state index in [0.717, 1.165) is 0 Å². The van der Waals surface area contributed by atoms with Crippen molar-refractivity contribution in [1.82, 2.24) is 4.90 Å². The zero-order valence-corrected chi connectivity index (χ0v) is 9.11. The van der Waals surface area contributed by atoms with Crippen molar-refractivity contribution in [3.05, 3.63) is 0 Å². The van der Waals surface area contributed by atoms with Gasteiger partial charge in [0.2, 0.25) is 0 Å². The molecular weight excluding hydrogens is 141 g/mol. The van der Waals surface area contributed by atoms with Crippen molar-refractivity contribution in [3.8, 4) is 0 Å². The first-order valence-corrected chi connectivity index (χ1v) is 4.41. The number of halogens is 1. The summed E-state index contributed by atoms with van der Waals surface area (Å²) in [7, 11) is 3.71. The van der Waals surface area contributed by atoms with Gasteiger partial charge in [-0.3, -0.25) is 0 Å². The quantitative estimate of drug-likeness (QED) is 0.608. The molecule has 0 saturated carbocycles. The van der Waals surface area contributed by atoms with Crippen LogP contribution in [0.2, 0.25) is 0 Å². The molecule has 0 heterocycles. The molecule has 1 nitrogen and oxygen atoms in total. The second-order valence-corrected chi connectivity index (χ2v) is 2.04. The van der Waals surface area contributed by atoms with E-state index >= 15 is 0 Å². The molecule has 72 valence electrons. The van der Waals surface area contributed by atoms with Crippen LogP contribution in [-0.4, -0.2) is 31.7 Å². The van der Waals surface area contributed by atoms with E-state index < -0.39 is 6.17 Å². The van der Waals surface area contributed by atoms with Crippen molar-refractivity contribution < 1.29 is 4.39 Å². The fourth-order valence-electron chi connectivity index (χ4n) is 0.503. The molecule has 11 heavy (non-hydrogen) atoms. The molecule has 0 bridgehead atoms. The minimum atomic E-state index is -0.699. The lowest BCUT2D eigenvalue weighted by atomic mass is 10.4. The molecule has 0 amide bonds. The fraction of sp³-hybridized carbons (Fsp3) is 1.00. The van der Waals surface area contributed by atoms with Gasteiger partial charge in [0.25, 0.3) is 0 Å². The maximum Gasteiger partial charge on any atom is 0.110 e. The SMILES string of the molecule is CC.CC.CC(F)CN(C)C. The summed E-state index contributed by atoms with van der Waals surface area (Å²) in [6, 6.07) is 0. The van der Waals surface area contributed by atoms with Crippen molar-refractivity contribution >= 4 is 0 Å². The minimum Gasteiger partial charge on any atom is -0.307 e. The molecule has 0 rings (SSSR count). The Balaban J connectivity index is -0.000000138. The minimum absolute atomic E-state index is 0.528. The summed E-state index contributed by atoms with van der Waals surface area (Å²) in [5.74, 6) is 0. The molecule has 0 aliphatic heterocycles. The van der Waals surface area contributed by atoms with Crippen molar-refractivity contribution in [3.63, 3.8) is 0 Å². The number of hydrogen-bond donors (Lipinski definition) is 0. The van der Waals surface area contributed by atoms with Crippen LogP contribution in [0.3, 0.4) is 0 Å². The van der Waals surface area contributed by atoms with Crippen molar-refractivity contribution in [1.29, 1.82) is 0 Å². The van der Waals surface area contributed by atoms with Gasteiger partial charge >= 0.3 is 0 Å². The Morgan fingerprint density at radius 2 is 1.36 bits per heavy atom. The number of alkyl halides is 1. The molecule has 0 N–H and O–H groups in total. The molecule has 0 aromatic rings. The summed E-state index contributed by atoms with van der Waals surface area (Å²) in [6.45, 7) is 10.1. The second-order valence-electron chi connectivity index (χ2n) is 2.04. The van der Waals surface area contributed by atoms with Crippen molar-refractivity contribution in [2.24, 2.45) is 0 Å². The largest absolute Gasteiger partial charge is 0.307 e. The third kappa shape index (κ3) is 40.7. The Kier molecular flexibility index (Phi) is 25.6. The average molecular weight is 165 g/mol. The van der Waals surface area contributed by atoms with Crippen LogP contribution in [0.25, 0.3) is 0 Å². The Bertz CT molecular complexity index is 38.8. The molecule has 0 aromatic heterocycles. The lowest BCUT2D eigenvalue weighted by Crippen LogP contribution is -2.19. The van der Waals surface area contributed by atoms with Gasteiger partial charge in [-0.1, -0.05) is 27.7 Å². The highest BCUT2D eigenvalue weighted by molar-refractivity contribution is 4.48. The normalized spacial score (nSPS) is 10.6. The van der Waals surface area contributed by atoms with Gasteiger partial charge in [-0.15, -0.1) is 0 Å². The maximum atomic E-state index is 11.9. The van der Waals surface area contributed by atoms with E-state index in [2.05, 4.69) is 0 Å². The molecule has 0 fully saturated rings. The Morgan fingerprint density at radius 3 is 1.36 bits per heavy atom. The fourth-order valence-corrected chi connectivity index (χ4v) is 0.503. The van der Waals surface area contributed by atoms with Crippen LogP contribution >= 0.6 is 0 Å². The van der Waals surface area contributed by atoms with Crippen molar-refractivity contribution in [2.75, 3.05) is 20.6 Å². The Morgan fingerprint density at radius 1 is 1.09 bits per heavy atom. The Labute approximate surface area is 71.6 Å². The zero-order chi connectivity index (χ0) is 9.86. The predicted molar refractivity (Wildman–Crippen MR) is 51.8 cm³/mol. The van der Waals surface area contributed by atoms with Crippen LogP contribution in [0.1, 0.15) is 34.6 Å². The highest BCUT2D eigenvalue weighted by Gasteiger charge is 1.96. The average Bonchev–Trinajstić information content (AvgIpc) is 1.93. The third-order valence-electron chi connectivity index (χ3n) is 0.617. The first-order valence-electron chi connectivity index (χ1n) is 4.41. The van der Waals surface area contributed by atoms with E-state index in [1.165, 1.54) is 0 Å². The van der Waals surface area contributed by atoms with Gasteiger partial charge in [-0.25, -0.2) is 4.39 Å². The molecule has 2 heteroatoms. The van der Waals surface area contributed by atoms with Crippen LogP contribution in [0.5, 0.6) is 0 Å². The molecule has 0 spiro atoms. The number of rotatable bonds is 2. The van der Waals surface area contributed by atoms with Gasteiger partial charge in [-0.2, -0.15) is 0 Å². The third-order valence-corrected chi connectivity index (χ3v) is 0.617. The van der Waals surface area contributed by atoms with E-state index in [9.17, 15) is 4.39 Å².